The van der Waals surface area contributed by atoms with Gasteiger partial charge in [0, 0.05) is 16.2 Å². The summed E-state index contributed by atoms with van der Waals surface area (Å²) in [6.45, 7) is 7.24. The van der Waals surface area contributed by atoms with Crippen molar-refractivity contribution in [2.45, 2.75) is 52.2 Å². The van der Waals surface area contributed by atoms with Crippen molar-refractivity contribution < 1.29 is 19.4 Å². The number of carboxylic acids is 1. The van der Waals surface area contributed by atoms with Crippen LogP contribution in [0.15, 0.2) is 12.1 Å². The summed E-state index contributed by atoms with van der Waals surface area (Å²) >= 11 is 1.56. The predicted octanol–water partition coefficient (Wildman–Crippen LogP) is 2.83. The minimum Gasteiger partial charge on any atom is -0.480 e. The van der Waals surface area contributed by atoms with Gasteiger partial charge in [-0.3, -0.25) is 0 Å². The molecule has 0 aliphatic rings. The van der Waals surface area contributed by atoms with Crippen LogP contribution in [0.2, 0.25) is 0 Å². The normalized spacial score (nSPS) is 12.8. The molecule has 1 heterocycles. The summed E-state index contributed by atoms with van der Waals surface area (Å²) in [6.07, 6.45) is 0.471. The Morgan fingerprint density at radius 2 is 1.95 bits per heavy atom. The van der Waals surface area contributed by atoms with E-state index in [9.17, 15) is 14.7 Å². The number of carboxylic acid groups (broad SMARTS) is 1. The van der Waals surface area contributed by atoms with Crippen LogP contribution in [0.25, 0.3) is 0 Å². The Labute approximate surface area is 123 Å². The highest BCUT2D eigenvalue weighted by Crippen LogP contribution is 2.18. The molecule has 1 atom stereocenters. The van der Waals surface area contributed by atoms with Crippen molar-refractivity contribution in [3.8, 4) is 0 Å². The van der Waals surface area contributed by atoms with Gasteiger partial charge in [0.05, 0.1) is 0 Å². The van der Waals surface area contributed by atoms with Crippen LogP contribution in [0, 0.1) is 0 Å². The minimum absolute atomic E-state index is 0.263. The average molecular weight is 299 g/mol. The van der Waals surface area contributed by atoms with Gasteiger partial charge in [0.2, 0.25) is 0 Å². The molecule has 0 aromatic carbocycles. The van der Waals surface area contributed by atoms with E-state index in [-0.39, 0.29) is 6.42 Å². The molecule has 0 saturated carbocycles. The van der Waals surface area contributed by atoms with Crippen LogP contribution in [0.3, 0.4) is 0 Å². The number of ether oxygens (including phenoxy) is 1. The Kier molecular flexibility index (Phi) is 5.56. The molecule has 0 aliphatic heterocycles. The van der Waals surface area contributed by atoms with Gasteiger partial charge in [0.1, 0.15) is 11.6 Å². The molecule has 1 aromatic heterocycles. The summed E-state index contributed by atoms with van der Waals surface area (Å²) in [6, 6.07) is 2.90. The number of aliphatic carboxylic acids is 1. The lowest BCUT2D eigenvalue weighted by Gasteiger charge is -2.21. The van der Waals surface area contributed by atoms with Crippen LogP contribution in [-0.2, 0) is 22.4 Å². The van der Waals surface area contributed by atoms with Crippen LogP contribution in [0.5, 0.6) is 0 Å². The Balaban J connectivity index is 2.65. The number of aryl methyl sites for hydroxylation is 1. The second kappa shape index (κ2) is 6.74. The van der Waals surface area contributed by atoms with E-state index in [1.807, 2.05) is 19.1 Å². The van der Waals surface area contributed by atoms with Crippen molar-refractivity contribution in [1.82, 2.24) is 5.32 Å². The van der Waals surface area contributed by atoms with Crippen molar-refractivity contribution in [3.05, 3.63) is 21.9 Å². The number of carbonyl (C=O) groups excluding carboxylic acids is 1. The number of amides is 1. The monoisotopic (exact) mass is 299 g/mol. The Morgan fingerprint density at radius 1 is 1.35 bits per heavy atom. The Morgan fingerprint density at radius 3 is 2.40 bits per heavy atom. The van der Waals surface area contributed by atoms with Gasteiger partial charge in [-0.1, -0.05) is 6.92 Å². The maximum atomic E-state index is 11.6. The molecule has 1 amide bonds. The van der Waals surface area contributed by atoms with E-state index in [4.69, 9.17) is 4.74 Å². The van der Waals surface area contributed by atoms with Gasteiger partial charge >= 0.3 is 12.1 Å². The fourth-order valence-corrected chi connectivity index (χ4v) is 2.58. The fraction of sp³-hybridized carbons (Fsp3) is 0.571. The molecule has 0 bridgehead atoms. The lowest BCUT2D eigenvalue weighted by atomic mass is 10.2. The molecule has 5 nitrogen and oxygen atoms in total. The number of alkyl carbamates (subject to hydrolysis) is 1. The summed E-state index contributed by atoms with van der Waals surface area (Å²) in [7, 11) is 0. The van der Waals surface area contributed by atoms with Gasteiger partial charge in [-0.25, -0.2) is 9.59 Å². The maximum Gasteiger partial charge on any atom is 0.408 e. The summed E-state index contributed by atoms with van der Waals surface area (Å²) in [5.74, 6) is -1.07. The molecule has 1 unspecified atom stereocenters. The molecular weight excluding hydrogens is 278 g/mol. The molecule has 0 spiro atoms. The smallest absolute Gasteiger partial charge is 0.408 e. The van der Waals surface area contributed by atoms with Gasteiger partial charge in [-0.05, 0) is 39.3 Å². The third-order valence-electron chi connectivity index (χ3n) is 2.46. The predicted molar refractivity (Wildman–Crippen MR) is 78.2 cm³/mol. The summed E-state index contributed by atoms with van der Waals surface area (Å²) in [5, 5.41) is 11.6. The third-order valence-corrected chi connectivity index (χ3v) is 3.71. The summed E-state index contributed by atoms with van der Waals surface area (Å²) < 4.78 is 5.07. The van der Waals surface area contributed by atoms with Crippen molar-refractivity contribution in [2.75, 3.05) is 0 Å². The van der Waals surface area contributed by atoms with E-state index in [1.54, 1.807) is 32.1 Å². The van der Waals surface area contributed by atoms with Crippen molar-refractivity contribution >= 4 is 23.4 Å². The van der Waals surface area contributed by atoms with Gasteiger partial charge < -0.3 is 15.2 Å². The van der Waals surface area contributed by atoms with Crippen LogP contribution in [0.1, 0.15) is 37.4 Å². The first-order valence-corrected chi connectivity index (χ1v) is 7.33. The highest BCUT2D eigenvalue weighted by atomic mass is 32.1. The number of carbonyl (C=O) groups is 2. The Hall–Kier alpha value is -1.56. The van der Waals surface area contributed by atoms with Gasteiger partial charge in [0.15, 0.2) is 0 Å². The van der Waals surface area contributed by atoms with Gasteiger partial charge in [-0.15, -0.1) is 11.3 Å². The number of nitrogens with one attached hydrogen (secondary N) is 1. The number of hydrogen-bond donors (Lipinski definition) is 2. The zero-order valence-electron chi connectivity index (χ0n) is 12.2. The Bertz CT molecular complexity index is 476. The van der Waals surface area contributed by atoms with E-state index in [0.717, 1.165) is 11.3 Å². The number of thiophene rings is 1. The first-order chi connectivity index (χ1) is 9.21. The number of rotatable bonds is 5. The second-order valence-corrected chi connectivity index (χ2v) is 6.72. The molecule has 0 radical (unpaired) electrons. The van der Waals surface area contributed by atoms with Crippen LogP contribution in [0.4, 0.5) is 4.79 Å². The van der Waals surface area contributed by atoms with Gasteiger partial charge in [-0.2, -0.15) is 0 Å². The topological polar surface area (TPSA) is 75.6 Å². The minimum atomic E-state index is -1.07. The summed E-state index contributed by atoms with van der Waals surface area (Å²) in [4.78, 5) is 25.0. The van der Waals surface area contributed by atoms with Crippen LogP contribution < -0.4 is 5.32 Å². The first-order valence-electron chi connectivity index (χ1n) is 6.51. The third kappa shape index (κ3) is 5.61. The van der Waals surface area contributed by atoms with E-state index >= 15 is 0 Å². The van der Waals surface area contributed by atoms with Crippen molar-refractivity contribution in [3.63, 3.8) is 0 Å². The first kappa shape index (κ1) is 16.5. The molecule has 6 heteroatoms. The molecule has 0 fully saturated rings. The molecule has 2 N–H and O–H groups in total. The second-order valence-electron chi connectivity index (χ2n) is 5.46. The van der Waals surface area contributed by atoms with E-state index < -0.39 is 23.7 Å². The average Bonchev–Trinajstić information content (AvgIpc) is 2.73. The molecule has 0 aliphatic carbocycles. The molecule has 1 aromatic rings. The van der Waals surface area contributed by atoms with E-state index in [0.29, 0.717) is 0 Å². The molecule has 112 valence electrons. The highest BCUT2D eigenvalue weighted by molar-refractivity contribution is 7.12. The molecule has 20 heavy (non-hydrogen) atoms. The lowest BCUT2D eigenvalue weighted by Crippen LogP contribution is -2.44. The highest BCUT2D eigenvalue weighted by Gasteiger charge is 2.24. The van der Waals surface area contributed by atoms with E-state index in [2.05, 4.69) is 5.32 Å². The quantitative estimate of drug-likeness (QED) is 0.876. The van der Waals surface area contributed by atoms with Crippen molar-refractivity contribution in [1.29, 1.82) is 0 Å². The molecular formula is C14H21NO4S. The standard InChI is InChI=1S/C14H21NO4S/c1-5-9-6-7-10(20-9)8-11(12(16)17)15-13(18)19-14(2,3)4/h6-7,11H,5,8H2,1-4H3,(H,15,18)(H,16,17). The summed E-state index contributed by atoms with van der Waals surface area (Å²) in [5.41, 5.74) is -0.647. The fourth-order valence-electron chi connectivity index (χ4n) is 1.57. The van der Waals surface area contributed by atoms with Crippen molar-refractivity contribution in [2.24, 2.45) is 0 Å². The lowest BCUT2D eigenvalue weighted by molar-refractivity contribution is -0.139. The zero-order valence-corrected chi connectivity index (χ0v) is 13.0. The largest absolute Gasteiger partial charge is 0.480 e. The zero-order chi connectivity index (χ0) is 15.3. The van der Waals surface area contributed by atoms with Gasteiger partial charge in [0.25, 0.3) is 0 Å². The van der Waals surface area contributed by atoms with E-state index in [1.165, 1.54) is 4.88 Å². The maximum absolute atomic E-state index is 11.6. The SMILES string of the molecule is CCc1ccc(CC(NC(=O)OC(C)(C)C)C(=O)O)s1. The van der Waals surface area contributed by atoms with Crippen LogP contribution in [-0.4, -0.2) is 28.8 Å². The van der Waals surface area contributed by atoms with Crippen LogP contribution >= 0.6 is 11.3 Å². The number of hydrogen-bond acceptors (Lipinski definition) is 4. The molecule has 0 saturated heterocycles. The molecule has 1 rings (SSSR count).